The predicted molar refractivity (Wildman–Crippen MR) is 124 cm³/mol. The number of esters is 1. The summed E-state index contributed by atoms with van der Waals surface area (Å²) in [5.74, 6) is 0.144. The number of amides is 1. The minimum Gasteiger partial charge on any atom is -0.490 e. The van der Waals surface area contributed by atoms with Crippen LogP contribution in [0.5, 0.6) is 11.5 Å². The molecule has 2 aliphatic heterocycles. The number of thiophene rings is 1. The second kappa shape index (κ2) is 8.92. The Kier molecular flexibility index (Phi) is 5.82. The SMILES string of the molecule is CCOc1cc([C@@H]2NC(=O)c3c(sc4c3CCN(CC)C4)N2)ccc1OC(=O)c1ccco1. The second-order valence-corrected chi connectivity index (χ2v) is 8.99. The van der Waals surface area contributed by atoms with E-state index < -0.39 is 12.1 Å². The van der Waals surface area contributed by atoms with Crippen molar-refractivity contribution in [2.24, 2.45) is 0 Å². The highest BCUT2D eigenvalue weighted by molar-refractivity contribution is 7.16. The lowest BCUT2D eigenvalue weighted by Crippen LogP contribution is -2.38. The van der Waals surface area contributed by atoms with Gasteiger partial charge >= 0.3 is 5.97 Å². The molecule has 5 rings (SSSR count). The number of anilines is 1. The van der Waals surface area contributed by atoms with Crippen molar-refractivity contribution in [3.8, 4) is 11.5 Å². The molecule has 172 valence electrons. The second-order valence-electron chi connectivity index (χ2n) is 7.88. The maximum absolute atomic E-state index is 13.0. The van der Waals surface area contributed by atoms with E-state index in [1.165, 1.54) is 22.8 Å². The average Bonchev–Trinajstić information content (AvgIpc) is 3.48. The van der Waals surface area contributed by atoms with E-state index in [4.69, 9.17) is 13.9 Å². The molecule has 1 amide bonds. The predicted octanol–water partition coefficient (Wildman–Crippen LogP) is 4.19. The molecule has 4 heterocycles. The molecule has 0 saturated carbocycles. The van der Waals surface area contributed by atoms with Crippen molar-refractivity contribution in [3.63, 3.8) is 0 Å². The topological polar surface area (TPSA) is 93.0 Å². The average molecular weight is 468 g/mol. The molecule has 0 saturated heterocycles. The van der Waals surface area contributed by atoms with E-state index in [-0.39, 0.29) is 17.4 Å². The van der Waals surface area contributed by atoms with Crippen LogP contribution in [0.2, 0.25) is 0 Å². The van der Waals surface area contributed by atoms with E-state index in [9.17, 15) is 9.59 Å². The van der Waals surface area contributed by atoms with Crippen LogP contribution in [0.3, 0.4) is 0 Å². The van der Waals surface area contributed by atoms with Gasteiger partial charge in [0.05, 0.1) is 18.4 Å². The largest absolute Gasteiger partial charge is 0.490 e. The summed E-state index contributed by atoms with van der Waals surface area (Å²) >= 11 is 1.66. The first-order valence-corrected chi connectivity index (χ1v) is 11.9. The van der Waals surface area contributed by atoms with Crippen LogP contribution in [0.4, 0.5) is 5.00 Å². The van der Waals surface area contributed by atoms with Gasteiger partial charge in [0.25, 0.3) is 5.91 Å². The van der Waals surface area contributed by atoms with Crippen molar-refractivity contribution in [1.82, 2.24) is 10.2 Å². The maximum atomic E-state index is 13.0. The fourth-order valence-corrected chi connectivity index (χ4v) is 5.52. The zero-order chi connectivity index (χ0) is 22.9. The van der Waals surface area contributed by atoms with Crippen LogP contribution in [0.25, 0.3) is 0 Å². The van der Waals surface area contributed by atoms with Crippen LogP contribution in [-0.4, -0.2) is 36.5 Å². The van der Waals surface area contributed by atoms with Gasteiger partial charge in [-0.15, -0.1) is 11.3 Å². The van der Waals surface area contributed by atoms with Crippen LogP contribution < -0.4 is 20.1 Å². The fourth-order valence-electron chi connectivity index (χ4n) is 4.21. The van der Waals surface area contributed by atoms with Crippen LogP contribution in [0.1, 0.15) is 56.9 Å². The molecule has 0 spiro atoms. The van der Waals surface area contributed by atoms with Crippen molar-refractivity contribution in [3.05, 3.63) is 63.9 Å². The van der Waals surface area contributed by atoms with Gasteiger partial charge in [0.1, 0.15) is 11.2 Å². The first-order chi connectivity index (χ1) is 16.1. The van der Waals surface area contributed by atoms with Gasteiger partial charge in [-0.2, -0.15) is 0 Å². The molecule has 0 unspecified atom stereocenters. The zero-order valence-corrected chi connectivity index (χ0v) is 19.3. The number of rotatable bonds is 6. The molecule has 1 aromatic carbocycles. The van der Waals surface area contributed by atoms with E-state index in [1.807, 2.05) is 13.0 Å². The molecule has 1 atom stereocenters. The Labute approximate surface area is 195 Å². The Morgan fingerprint density at radius 3 is 2.88 bits per heavy atom. The van der Waals surface area contributed by atoms with Crippen molar-refractivity contribution in [2.75, 3.05) is 25.0 Å². The molecule has 9 heteroatoms. The molecule has 2 aliphatic rings. The third-order valence-electron chi connectivity index (χ3n) is 5.89. The number of carbonyl (C=O) groups is 2. The smallest absolute Gasteiger partial charge is 0.379 e. The van der Waals surface area contributed by atoms with E-state index in [2.05, 4.69) is 22.5 Å². The molecule has 3 aromatic rings. The Morgan fingerprint density at radius 1 is 1.24 bits per heavy atom. The lowest BCUT2D eigenvalue weighted by molar-refractivity contribution is 0.0695. The summed E-state index contributed by atoms with van der Waals surface area (Å²) in [6.45, 7) is 7.27. The van der Waals surface area contributed by atoms with Crippen molar-refractivity contribution >= 4 is 28.2 Å². The van der Waals surface area contributed by atoms with Gasteiger partial charge in [-0.3, -0.25) is 9.69 Å². The number of nitrogens with one attached hydrogen (secondary N) is 2. The highest BCUT2D eigenvalue weighted by Gasteiger charge is 2.33. The molecule has 0 aliphatic carbocycles. The van der Waals surface area contributed by atoms with Crippen molar-refractivity contribution in [1.29, 1.82) is 0 Å². The summed E-state index contributed by atoms with van der Waals surface area (Å²) in [6, 6.07) is 8.42. The summed E-state index contributed by atoms with van der Waals surface area (Å²) in [4.78, 5) is 29.0. The quantitative estimate of drug-likeness (QED) is 0.415. The molecule has 33 heavy (non-hydrogen) atoms. The molecule has 2 aromatic heterocycles. The van der Waals surface area contributed by atoms with Crippen molar-refractivity contribution < 1.29 is 23.5 Å². The first-order valence-electron chi connectivity index (χ1n) is 11.0. The Bertz CT molecular complexity index is 1190. The minimum atomic E-state index is -0.604. The monoisotopic (exact) mass is 467 g/mol. The number of hydrogen-bond donors (Lipinski definition) is 2. The van der Waals surface area contributed by atoms with E-state index in [1.54, 1.807) is 29.5 Å². The molecule has 2 N–H and O–H groups in total. The molecular weight excluding hydrogens is 442 g/mol. The molecule has 0 bridgehead atoms. The van der Waals surface area contributed by atoms with E-state index >= 15 is 0 Å². The van der Waals surface area contributed by atoms with Gasteiger partial charge in [0.2, 0.25) is 5.76 Å². The number of likely N-dealkylation sites (N-methyl/N-ethyl adjacent to an activating group) is 1. The third kappa shape index (κ3) is 4.09. The number of benzene rings is 1. The molecule has 0 radical (unpaired) electrons. The highest BCUT2D eigenvalue weighted by atomic mass is 32.1. The summed E-state index contributed by atoms with van der Waals surface area (Å²) in [5.41, 5.74) is 2.74. The molecule has 0 fully saturated rings. The Balaban J connectivity index is 1.40. The van der Waals surface area contributed by atoms with Gasteiger partial charge < -0.3 is 24.5 Å². The summed E-state index contributed by atoms with van der Waals surface area (Å²) < 4.78 is 16.3. The standard InChI is InChI=1S/C24H25N3O5S/c1-3-27-10-9-15-19(13-27)33-23-20(15)22(28)25-21(26-23)14-7-8-16(18(12-14)30-4-2)32-24(29)17-6-5-11-31-17/h5-8,11-12,21,26H,3-4,9-10,13H2,1-2H3,(H,25,28)/t21-/m1/s1. The minimum absolute atomic E-state index is 0.0671. The van der Waals surface area contributed by atoms with Gasteiger partial charge in [-0.1, -0.05) is 13.0 Å². The van der Waals surface area contributed by atoms with Gasteiger partial charge in [0, 0.05) is 18.0 Å². The Morgan fingerprint density at radius 2 is 2.12 bits per heavy atom. The lowest BCUT2D eigenvalue weighted by Gasteiger charge is -2.28. The summed E-state index contributed by atoms with van der Waals surface area (Å²) in [5, 5.41) is 7.44. The summed E-state index contributed by atoms with van der Waals surface area (Å²) in [7, 11) is 0. The maximum Gasteiger partial charge on any atom is 0.379 e. The lowest BCUT2D eigenvalue weighted by atomic mass is 10.0. The van der Waals surface area contributed by atoms with Gasteiger partial charge in [-0.25, -0.2) is 4.79 Å². The van der Waals surface area contributed by atoms with Crippen LogP contribution in [0, 0.1) is 0 Å². The van der Waals surface area contributed by atoms with Gasteiger partial charge in [0.15, 0.2) is 11.5 Å². The highest BCUT2D eigenvalue weighted by Crippen LogP contribution is 2.41. The fraction of sp³-hybridized carbons (Fsp3) is 0.333. The van der Waals surface area contributed by atoms with Crippen LogP contribution in [-0.2, 0) is 13.0 Å². The first kappa shape index (κ1) is 21.5. The number of fused-ring (bicyclic) bond motifs is 3. The van der Waals surface area contributed by atoms with E-state index in [0.29, 0.717) is 12.4 Å². The van der Waals surface area contributed by atoms with Crippen LogP contribution >= 0.6 is 11.3 Å². The number of carbonyl (C=O) groups excluding carboxylic acids is 2. The number of furan rings is 1. The van der Waals surface area contributed by atoms with E-state index in [0.717, 1.165) is 42.2 Å². The number of nitrogens with zero attached hydrogens (tertiary/aromatic N) is 1. The summed E-state index contributed by atoms with van der Waals surface area (Å²) in [6.07, 6.45) is 1.89. The zero-order valence-electron chi connectivity index (χ0n) is 18.5. The van der Waals surface area contributed by atoms with Crippen LogP contribution in [0.15, 0.2) is 41.0 Å². The number of hydrogen-bond acceptors (Lipinski definition) is 8. The molecule has 8 nitrogen and oxygen atoms in total. The third-order valence-corrected chi connectivity index (χ3v) is 7.04. The Hall–Kier alpha value is -3.30. The number of ether oxygens (including phenoxy) is 2. The van der Waals surface area contributed by atoms with Crippen molar-refractivity contribution in [2.45, 2.75) is 33.0 Å². The van der Waals surface area contributed by atoms with Gasteiger partial charge in [-0.05, 0) is 55.3 Å². The normalized spacial score (nSPS) is 17.5. The molecular formula is C24H25N3O5S.